The van der Waals surface area contributed by atoms with Gasteiger partial charge in [0.1, 0.15) is 0 Å². The number of carbonyl (C=O) groups excluding carboxylic acids is 1. The summed E-state index contributed by atoms with van der Waals surface area (Å²) in [5.41, 5.74) is 2.14. The third-order valence-electron chi connectivity index (χ3n) is 3.76. The fourth-order valence-electron chi connectivity index (χ4n) is 2.62. The van der Waals surface area contributed by atoms with Crippen LogP contribution in [0.3, 0.4) is 0 Å². The lowest BCUT2D eigenvalue weighted by molar-refractivity contribution is -0.116. The number of halogens is 1. The Labute approximate surface area is 143 Å². The number of carbonyl (C=O) groups is 1. The zero-order chi connectivity index (χ0) is 16.6. The summed E-state index contributed by atoms with van der Waals surface area (Å²) >= 11 is 3.32. The number of anilines is 2. The van der Waals surface area contributed by atoms with Crippen LogP contribution in [0.2, 0.25) is 0 Å². The van der Waals surface area contributed by atoms with Crippen LogP contribution in [0.5, 0.6) is 0 Å². The molecule has 120 valence electrons. The summed E-state index contributed by atoms with van der Waals surface area (Å²) in [5, 5.41) is 0. The lowest BCUT2D eigenvalue weighted by atomic mass is 10.2. The molecule has 1 amide bonds. The summed E-state index contributed by atoms with van der Waals surface area (Å²) in [7, 11) is -3.68. The van der Waals surface area contributed by atoms with E-state index in [2.05, 4.69) is 20.7 Å². The van der Waals surface area contributed by atoms with Gasteiger partial charge in [0.15, 0.2) is 0 Å². The molecule has 0 bridgehead atoms. The third-order valence-corrected chi connectivity index (χ3v) is 5.81. The number of benzene rings is 2. The van der Waals surface area contributed by atoms with Crippen LogP contribution in [0.4, 0.5) is 11.4 Å². The van der Waals surface area contributed by atoms with Gasteiger partial charge in [-0.05, 0) is 58.2 Å². The molecular formula is C16H15BrN2O3S. The Morgan fingerprint density at radius 3 is 2.65 bits per heavy atom. The van der Waals surface area contributed by atoms with Crippen LogP contribution in [0, 0.1) is 0 Å². The first-order chi connectivity index (χ1) is 10.9. The third kappa shape index (κ3) is 3.11. The van der Waals surface area contributed by atoms with Crippen LogP contribution >= 0.6 is 15.9 Å². The van der Waals surface area contributed by atoms with Crippen molar-refractivity contribution in [1.29, 1.82) is 0 Å². The van der Waals surface area contributed by atoms with Gasteiger partial charge in [-0.25, -0.2) is 8.42 Å². The molecule has 2 aromatic rings. The lowest BCUT2D eigenvalue weighted by Gasteiger charge is -2.15. The molecule has 0 saturated carbocycles. The molecule has 1 N–H and O–H groups in total. The molecule has 0 spiro atoms. The number of fused-ring (bicyclic) bond motifs is 1. The average molecular weight is 395 g/mol. The first-order valence-corrected chi connectivity index (χ1v) is 9.34. The van der Waals surface area contributed by atoms with E-state index in [0.29, 0.717) is 23.1 Å². The normalized spacial score (nSPS) is 13.7. The van der Waals surface area contributed by atoms with Gasteiger partial charge in [-0.3, -0.25) is 9.52 Å². The van der Waals surface area contributed by atoms with Crippen LogP contribution in [-0.4, -0.2) is 20.9 Å². The van der Waals surface area contributed by atoms with E-state index in [1.54, 1.807) is 35.2 Å². The van der Waals surface area contributed by atoms with Gasteiger partial charge < -0.3 is 4.90 Å². The molecule has 2 aromatic carbocycles. The molecule has 0 fully saturated rings. The second-order valence-electron chi connectivity index (χ2n) is 5.30. The van der Waals surface area contributed by atoms with Gasteiger partial charge >= 0.3 is 0 Å². The molecule has 1 aliphatic heterocycles. The molecule has 0 radical (unpaired) electrons. The number of hydrogen-bond acceptors (Lipinski definition) is 3. The van der Waals surface area contributed by atoms with E-state index in [4.69, 9.17) is 0 Å². The number of nitrogens with zero attached hydrogens (tertiary/aromatic N) is 1. The molecule has 1 heterocycles. The van der Waals surface area contributed by atoms with Crippen LogP contribution in [-0.2, 0) is 21.2 Å². The van der Waals surface area contributed by atoms with Crippen molar-refractivity contribution in [1.82, 2.24) is 0 Å². The standard InChI is InChI=1S/C16H15BrN2O3S/c1-11(20)19-9-8-12-10-13(6-7-16(12)19)23(21,22)18-15-5-3-2-4-14(15)17/h2-7,10,18H,8-9H2,1H3. The fraction of sp³-hybridized carbons (Fsp3) is 0.188. The van der Waals surface area contributed by atoms with Crippen molar-refractivity contribution in [2.45, 2.75) is 18.2 Å². The van der Waals surface area contributed by atoms with E-state index >= 15 is 0 Å². The molecule has 23 heavy (non-hydrogen) atoms. The summed E-state index contributed by atoms with van der Waals surface area (Å²) in [6, 6.07) is 11.9. The van der Waals surface area contributed by atoms with Gasteiger partial charge in [-0.1, -0.05) is 12.1 Å². The first-order valence-electron chi connectivity index (χ1n) is 7.07. The fourth-order valence-corrected chi connectivity index (χ4v) is 4.27. The predicted octanol–water partition coefficient (Wildman–Crippen LogP) is 3.16. The summed E-state index contributed by atoms with van der Waals surface area (Å²) in [5.74, 6) is -0.0364. The van der Waals surface area contributed by atoms with E-state index in [-0.39, 0.29) is 10.8 Å². The Balaban J connectivity index is 1.93. The highest BCUT2D eigenvalue weighted by molar-refractivity contribution is 9.10. The molecule has 0 atom stereocenters. The summed E-state index contributed by atoms with van der Waals surface area (Å²) in [4.78, 5) is 13.4. The zero-order valence-corrected chi connectivity index (χ0v) is 14.8. The maximum Gasteiger partial charge on any atom is 0.261 e. The number of rotatable bonds is 3. The molecule has 0 unspecified atom stereocenters. The molecule has 0 aliphatic carbocycles. The Hall–Kier alpha value is -1.86. The largest absolute Gasteiger partial charge is 0.312 e. The van der Waals surface area contributed by atoms with Crippen LogP contribution in [0.25, 0.3) is 0 Å². The Morgan fingerprint density at radius 2 is 1.96 bits per heavy atom. The minimum atomic E-state index is -3.68. The Kier molecular flexibility index (Phi) is 4.16. The Morgan fingerprint density at radius 1 is 1.22 bits per heavy atom. The maximum atomic E-state index is 12.6. The highest BCUT2D eigenvalue weighted by atomic mass is 79.9. The molecule has 7 heteroatoms. The monoisotopic (exact) mass is 394 g/mol. The van der Waals surface area contributed by atoms with Crippen molar-refractivity contribution in [3.05, 3.63) is 52.5 Å². The second kappa shape index (κ2) is 5.98. The van der Waals surface area contributed by atoms with Crippen molar-refractivity contribution >= 4 is 43.2 Å². The quantitative estimate of drug-likeness (QED) is 0.868. The van der Waals surface area contributed by atoms with Crippen molar-refractivity contribution in [2.75, 3.05) is 16.2 Å². The number of para-hydroxylation sites is 1. The van der Waals surface area contributed by atoms with E-state index < -0.39 is 10.0 Å². The van der Waals surface area contributed by atoms with Crippen LogP contribution in [0.15, 0.2) is 51.8 Å². The van der Waals surface area contributed by atoms with E-state index in [1.807, 2.05) is 6.07 Å². The topological polar surface area (TPSA) is 66.5 Å². The number of amides is 1. The molecule has 0 aromatic heterocycles. The SMILES string of the molecule is CC(=O)N1CCc2cc(S(=O)(=O)Nc3ccccc3Br)ccc21. The molecular weight excluding hydrogens is 380 g/mol. The van der Waals surface area contributed by atoms with Gasteiger partial charge in [0.25, 0.3) is 10.0 Å². The van der Waals surface area contributed by atoms with Crippen molar-refractivity contribution in [3.63, 3.8) is 0 Å². The highest BCUT2D eigenvalue weighted by Crippen LogP contribution is 2.31. The van der Waals surface area contributed by atoms with Crippen molar-refractivity contribution < 1.29 is 13.2 Å². The summed E-state index contributed by atoms with van der Waals surface area (Å²) in [6.07, 6.45) is 0.660. The van der Waals surface area contributed by atoms with Gasteiger partial charge in [-0.2, -0.15) is 0 Å². The summed E-state index contributed by atoms with van der Waals surface area (Å²) < 4.78 is 28.4. The van der Waals surface area contributed by atoms with Gasteiger partial charge in [0.2, 0.25) is 5.91 Å². The molecule has 1 aliphatic rings. The van der Waals surface area contributed by atoms with E-state index in [1.165, 1.54) is 13.0 Å². The number of hydrogen-bond donors (Lipinski definition) is 1. The van der Waals surface area contributed by atoms with E-state index in [9.17, 15) is 13.2 Å². The Bertz CT molecular complexity index is 881. The first kappa shape index (κ1) is 16.0. The van der Waals surface area contributed by atoms with Gasteiger partial charge in [0, 0.05) is 23.6 Å². The maximum absolute atomic E-state index is 12.6. The second-order valence-corrected chi connectivity index (χ2v) is 7.83. The van der Waals surface area contributed by atoms with Crippen LogP contribution in [0.1, 0.15) is 12.5 Å². The minimum Gasteiger partial charge on any atom is -0.312 e. The van der Waals surface area contributed by atoms with Crippen LogP contribution < -0.4 is 9.62 Å². The minimum absolute atomic E-state index is 0.0364. The molecule has 0 saturated heterocycles. The smallest absolute Gasteiger partial charge is 0.261 e. The average Bonchev–Trinajstić information content (AvgIpc) is 2.92. The zero-order valence-electron chi connectivity index (χ0n) is 12.4. The predicted molar refractivity (Wildman–Crippen MR) is 93.1 cm³/mol. The van der Waals surface area contributed by atoms with Crippen molar-refractivity contribution in [3.8, 4) is 0 Å². The highest BCUT2D eigenvalue weighted by Gasteiger charge is 2.25. The lowest BCUT2D eigenvalue weighted by Crippen LogP contribution is -2.25. The van der Waals surface area contributed by atoms with Crippen molar-refractivity contribution in [2.24, 2.45) is 0 Å². The van der Waals surface area contributed by atoms with Gasteiger partial charge in [0.05, 0.1) is 10.6 Å². The number of sulfonamides is 1. The number of nitrogens with one attached hydrogen (secondary N) is 1. The van der Waals surface area contributed by atoms with E-state index in [0.717, 1.165) is 11.3 Å². The molecule has 5 nitrogen and oxygen atoms in total. The summed E-state index contributed by atoms with van der Waals surface area (Å²) in [6.45, 7) is 2.10. The van der Waals surface area contributed by atoms with Gasteiger partial charge in [-0.15, -0.1) is 0 Å². The molecule has 3 rings (SSSR count).